The Labute approximate surface area is 415 Å². The highest BCUT2D eigenvalue weighted by atomic mass is 16.3. The van der Waals surface area contributed by atoms with E-state index >= 15 is 0 Å². The first-order chi connectivity index (χ1) is 34.8. The third kappa shape index (κ3) is 15.6. The number of benzene rings is 4. The van der Waals surface area contributed by atoms with E-state index in [1.807, 2.05) is 41.7 Å². The van der Waals surface area contributed by atoms with Gasteiger partial charge in [0.05, 0.1) is 5.52 Å². The Hall–Kier alpha value is -10.4. The van der Waals surface area contributed by atoms with Gasteiger partial charge in [-0.15, -0.1) is 0 Å². The van der Waals surface area contributed by atoms with Gasteiger partial charge in [-0.1, -0.05) is 115 Å². The number of aliphatic hydroxyl groups is 1. The van der Waals surface area contributed by atoms with Gasteiger partial charge in [0.15, 0.2) is 54.3 Å². The number of aromatic nitrogens is 2. The molecule has 0 bridgehead atoms. The summed E-state index contributed by atoms with van der Waals surface area (Å²) < 4.78 is 0. The number of rotatable bonds is 22. The van der Waals surface area contributed by atoms with Crippen molar-refractivity contribution in [1.82, 2.24) is 57.8 Å². The standard InChI is InChI=1S/C45H53N21O7/c46-29(67)31(62-42(47)48)58-37(69)33(64-44(51)52)60-39(71)34(65-45(53)54)61-38(70)32(63-43(49)50)59-36(68)28(24-16-6-2-7-17-24)56-40(72)41(73)66(22-12-15-23-13-4-1-5-14-23)35-26-20-10-11-21-27(26)55-30(57-35)25-18-8-3-9-19-25/h1-21,28,31-34,41,73H,22H2,(H2,46,67)(H,56,72)(H,58,69)(H,59,68)(H,60,71)(H,61,70)(H4,47,48,62)(H4,49,50,63)(H4,51,52,64)(H4,53,54,65)/b15-12-. The van der Waals surface area contributed by atoms with E-state index in [-0.39, 0.29) is 23.8 Å². The molecule has 0 fully saturated rings. The lowest BCUT2D eigenvalue weighted by molar-refractivity contribution is -0.136. The van der Waals surface area contributed by atoms with Crippen molar-refractivity contribution in [2.45, 2.75) is 36.9 Å². The molecular weight excluding hydrogens is 947 g/mol. The molecule has 0 saturated heterocycles. The topological polar surface area (TPSA) is 485 Å². The first-order valence-corrected chi connectivity index (χ1v) is 21.6. The molecule has 0 saturated carbocycles. The maximum Gasteiger partial charge on any atom is 0.271 e. The van der Waals surface area contributed by atoms with E-state index in [1.54, 1.807) is 78.9 Å². The van der Waals surface area contributed by atoms with Crippen LogP contribution in [0.2, 0.25) is 0 Å². The number of hydrogen-bond acceptors (Lipinski definition) is 14. The molecule has 0 spiro atoms. The fourth-order valence-electron chi connectivity index (χ4n) is 6.67. The molecule has 24 N–H and O–H groups in total. The number of amides is 6. The summed E-state index contributed by atoms with van der Waals surface area (Å²) >= 11 is 0. The van der Waals surface area contributed by atoms with Crippen LogP contribution in [0.3, 0.4) is 0 Å². The van der Waals surface area contributed by atoms with Crippen molar-refractivity contribution in [3.8, 4) is 11.4 Å². The van der Waals surface area contributed by atoms with Crippen molar-refractivity contribution >= 4 is 82.1 Å². The number of carbonyl (C=O) groups excluding carboxylic acids is 6. The van der Waals surface area contributed by atoms with Crippen LogP contribution in [0.5, 0.6) is 0 Å². The lowest BCUT2D eigenvalue weighted by Crippen LogP contribution is -2.68. The van der Waals surface area contributed by atoms with E-state index in [0.717, 1.165) is 5.56 Å². The number of carbonyl (C=O) groups is 6. The highest BCUT2D eigenvalue weighted by molar-refractivity contribution is 6.00. The van der Waals surface area contributed by atoms with Crippen LogP contribution in [-0.2, 0) is 28.8 Å². The molecule has 6 atom stereocenters. The molecule has 28 heteroatoms. The fraction of sp³-hybridized carbons (Fsp3) is 0.156. The van der Waals surface area contributed by atoms with Gasteiger partial charge >= 0.3 is 0 Å². The Kier molecular flexibility index (Phi) is 18.6. The van der Waals surface area contributed by atoms with Gasteiger partial charge in [-0.05, 0) is 23.3 Å². The first kappa shape index (κ1) is 53.6. The Morgan fingerprint density at radius 1 is 0.521 bits per heavy atom. The maximum atomic E-state index is 14.5. The van der Waals surface area contributed by atoms with Crippen molar-refractivity contribution in [2.75, 3.05) is 11.4 Å². The minimum absolute atomic E-state index is 0.101. The molecule has 1 heterocycles. The van der Waals surface area contributed by atoms with Gasteiger partial charge in [0, 0.05) is 17.5 Å². The van der Waals surface area contributed by atoms with Crippen molar-refractivity contribution in [3.05, 3.63) is 132 Å². The van der Waals surface area contributed by atoms with Crippen LogP contribution in [0.1, 0.15) is 17.2 Å². The fourth-order valence-corrected chi connectivity index (χ4v) is 6.67. The molecule has 73 heavy (non-hydrogen) atoms. The zero-order chi connectivity index (χ0) is 53.2. The van der Waals surface area contributed by atoms with Gasteiger partial charge in [0.2, 0.25) is 12.1 Å². The summed E-state index contributed by atoms with van der Waals surface area (Å²) in [7, 11) is 0. The van der Waals surface area contributed by atoms with E-state index in [1.165, 1.54) is 17.0 Å². The highest BCUT2D eigenvalue weighted by Crippen LogP contribution is 2.29. The number of nitrogens with zero attached hydrogens (tertiary/aromatic N) is 3. The quantitative estimate of drug-likeness (QED) is 0.0179. The molecule has 0 radical (unpaired) electrons. The lowest BCUT2D eigenvalue weighted by Gasteiger charge is -2.30. The zero-order valence-electron chi connectivity index (χ0n) is 38.4. The Balaban J connectivity index is 1.44. The highest BCUT2D eigenvalue weighted by Gasteiger charge is 2.35. The van der Waals surface area contributed by atoms with E-state index < -0.39 is 96.2 Å². The molecule has 0 aliphatic rings. The number of fused-ring (bicyclic) bond motifs is 1. The third-order valence-corrected chi connectivity index (χ3v) is 9.93. The first-order valence-electron chi connectivity index (χ1n) is 21.6. The predicted octanol–water partition coefficient (Wildman–Crippen LogP) is -3.82. The smallest absolute Gasteiger partial charge is 0.271 e. The summed E-state index contributed by atoms with van der Waals surface area (Å²) in [6.45, 7) is -0.101. The zero-order valence-corrected chi connectivity index (χ0v) is 38.4. The van der Waals surface area contributed by atoms with E-state index in [9.17, 15) is 33.9 Å². The average Bonchev–Trinajstić information content (AvgIpc) is 3.35. The van der Waals surface area contributed by atoms with Crippen LogP contribution < -0.4 is 81.4 Å². The molecule has 380 valence electrons. The van der Waals surface area contributed by atoms with Crippen molar-refractivity contribution in [3.63, 3.8) is 0 Å². The number of aliphatic hydroxyl groups excluding tert-OH is 1. The molecule has 1 aromatic heterocycles. The number of para-hydroxylation sites is 1. The second-order valence-electron chi connectivity index (χ2n) is 15.3. The van der Waals surface area contributed by atoms with Gasteiger partial charge in [-0.2, -0.15) is 0 Å². The molecule has 0 aliphatic heterocycles. The molecule has 4 aromatic carbocycles. The number of hydrogen-bond donors (Lipinski definition) is 19. The lowest BCUT2D eigenvalue weighted by atomic mass is 10.1. The monoisotopic (exact) mass is 999 g/mol. The summed E-state index contributed by atoms with van der Waals surface area (Å²) in [6.07, 6.45) is -6.52. The van der Waals surface area contributed by atoms with Gasteiger partial charge < -0.3 is 86.5 Å². The number of nitrogens with one attached hydrogen (secondary N) is 13. The van der Waals surface area contributed by atoms with Gasteiger partial charge in [-0.3, -0.25) is 50.4 Å². The van der Waals surface area contributed by atoms with Crippen LogP contribution in [-0.4, -0.2) is 112 Å². The second-order valence-corrected chi connectivity index (χ2v) is 15.3. The molecule has 5 rings (SSSR count). The second kappa shape index (κ2) is 25.3. The maximum absolute atomic E-state index is 14.5. The van der Waals surface area contributed by atoms with Gasteiger partial charge in [0.25, 0.3) is 29.5 Å². The third-order valence-electron chi connectivity index (χ3n) is 9.93. The van der Waals surface area contributed by atoms with Gasteiger partial charge in [0.1, 0.15) is 11.9 Å². The summed E-state index contributed by atoms with van der Waals surface area (Å²) in [5, 5.41) is 62.8. The molecule has 28 nitrogen and oxygen atoms in total. The summed E-state index contributed by atoms with van der Waals surface area (Å²) in [5.41, 5.74) is 29.1. The Bertz CT molecular complexity index is 2870. The molecular formula is C45H53N21O7. The minimum atomic E-state index is -2.09. The van der Waals surface area contributed by atoms with Crippen LogP contribution in [0.4, 0.5) is 5.82 Å². The number of nitrogens with two attached hydrogens (primary N) is 5. The Morgan fingerprint density at radius 2 is 0.959 bits per heavy atom. The number of anilines is 1. The van der Waals surface area contributed by atoms with E-state index in [0.29, 0.717) is 16.5 Å². The van der Waals surface area contributed by atoms with Crippen molar-refractivity contribution in [1.29, 1.82) is 21.6 Å². The predicted molar refractivity (Wildman–Crippen MR) is 268 cm³/mol. The van der Waals surface area contributed by atoms with Crippen LogP contribution in [0.25, 0.3) is 28.4 Å². The van der Waals surface area contributed by atoms with Crippen molar-refractivity contribution in [2.24, 2.45) is 28.7 Å². The normalized spacial score (nSPS) is 13.2. The van der Waals surface area contributed by atoms with Crippen LogP contribution >= 0.6 is 0 Å². The Morgan fingerprint density at radius 3 is 1.47 bits per heavy atom. The van der Waals surface area contributed by atoms with Crippen molar-refractivity contribution < 1.29 is 33.9 Å². The number of guanidine groups is 4. The van der Waals surface area contributed by atoms with E-state index in [2.05, 4.69) is 42.5 Å². The minimum Gasteiger partial charge on any atom is -0.370 e. The summed E-state index contributed by atoms with van der Waals surface area (Å²) in [5.74, 6) is -10.5. The molecule has 6 unspecified atom stereocenters. The molecule has 5 aromatic rings. The average molecular weight is 1000 g/mol. The SMILES string of the molecule is N=C(N)NC(NC(=O)C(NC(=N)N)NC(=O)C(NC(=N)N)NC(=O)C(NC(=N)N)NC(=O)C(NC(=O)C(O)N(C/C=C\c1ccccc1)c1nc(-c2ccccc2)nc2ccccc12)c1ccccc1)C(N)=O. The largest absolute Gasteiger partial charge is 0.370 e. The molecule has 0 aliphatic carbocycles. The molecule has 6 amide bonds. The summed E-state index contributed by atoms with van der Waals surface area (Å²) in [6, 6.07) is 31.2. The van der Waals surface area contributed by atoms with E-state index in [4.69, 9.17) is 60.3 Å². The summed E-state index contributed by atoms with van der Waals surface area (Å²) in [4.78, 5) is 92.3. The number of primary amides is 1. The van der Waals surface area contributed by atoms with Crippen LogP contribution in [0.15, 0.2) is 121 Å². The van der Waals surface area contributed by atoms with Gasteiger partial charge in [-0.25, -0.2) is 9.97 Å². The van der Waals surface area contributed by atoms with Crippen LogP contribution in [0, 0.1) is 21.6 Å².